The van der Waals surface area contributed by atoms with Crippen molar-refractivity contribution < 1.29 is 17.9 Å². The lowest BCUT2D eigenvalue weighted by Gasteiger charge is -2.18. The van der Waals surface area contributed by atoms with E-state index in [-0.39, 0.29) is 4.90 Å². The Hall–Kier alpha value is -1.66. The van der Waals surface area contributed by atoms with Crippen LogP contribution < -0.4 is 4.72 Å². The zero-order valence-corrected chi connectivity index (χ0v) is 13.9. The lowest BCUT2D eigenvalue weighted by molar-refractivity contribution is 0.0526. The van der Waals surface area contributed by atoms with Crippen LogP contribution in [0.5, 0.6) is 0 Å². The number of carbonyl (C=O) groups excluding carboxylic acids is 1. The lowest BCUT2D eigenvalue weighted by Crippen LogP contribution is -2.31. The van der Waals surface area contributed by atoms with Gasteiger partial charge in [-0.25, -0.2) is 17.9 Å². The van der Waals surface area contributed by atoms with Crippen molar-refractivity contribution in [2.75, 3.05) is 13.2 Å². The van der Waals surface area contributed by atoms with Crippen LogP contribution in [-0.2, 0) is 14.8 Å². The molecular weight excluding hydrogens is 314 g/mol. The fourth-order valence-corrected chi connectivity index (χ4v) is 4.51. The molecule has 6 heteroatoms. The molecule has 1 aromatic rings. The maximum Gasteiger partial charge on any atom is 0.338 e. The Kier molecular flexibility index (Phi) is 4.55. The number of ether oxygens (including phenoxy) is 1. The first kappa shape index (κ1) is 16.2. The van der Waals surface area contributed by atoms with Crippen LogP contribution in [0.3, 0.4) is 0 Å². The van der Waals surface area contributed by atoms with Crippen LogP contribution in [0, 0.1) is 17.8 Å². The molecule has 0 unspecified atom stereocenters. The highest BCUT2D eigenvalue weighted by molar-refractivity contribution is 7.89. The van der Waals surface area contributed by atoms with Crippen molar-refractivity contribution in [2.24, 2.45) is 17.8 Å². The molecule has 0 aliphatic heterocycles. The van der Waals surface area contributed by atoms with Gasteiger partial charge in [0.1, 0.15) is 0 Å². The standard InChI is InChI=1S/C17H21NO4S/c1-2-22-17(19)13-5-7-16(8-6-13)23(20,21)18-11-15-10-12-3-4-14(15)9-12/h3-8,12,14-15,18H,2,9-11H2,1H3/t12-,14-,15+/m1/s1. The predicted octanol–water partition coefficient (Wildman–Crippen LogP) is 2.35. The normalized spacial score (nSPS) is 25.7. The summed E-state index contributed by atoms with van der Waals surface area (Å²) in [5.41, 5.74) is 0.351. The van der Waals surface area contributed by atoms with Crippen molar-refractivity contribution in [3.63, 3.8) is 0 Å². The van der Waals surface area contributed by atoms with Crippen LogP contribution in [0.2, 0.25) is 0 Å². The molecule has 1 N–H and O–H groups in total. The minimum atomic E-state index is -3.55. The fraction of sp³-hybridized carbons (Fsp3) is 0.471. The molecule has 1 fully saturated rings. The average molecular weight is 335 g/mol. The van der Waals surface area contributed by atoms with Crippen LogP contribution in [0.15, 0.2) is 41.3 Å². The lowest BCUT2D eigenvalue weighted by atomic mass is 9.94. The largest absolute Gasteiger partial charge is 0.462 e. The third-order valence-electron chi connectivity index (χ3n) is 4.63. The number of hydrogen-bond acceptors (Lipinski definition) is 4. The van der Waals surface area contributed by atoms with Crippen LogP contribution >= 0.6 is 0 Å². The van der Waals surface area contributed by atoms with Gasteiger partial charge in [0, 0.05) is 6.54 Å². The van der Waals surface area contributed by atoms with E-state index < -0.39 is 16.0 Å². The van der Waals surface area contributed by atoms with Crippen LogP contribution in [0.1, 0.15) is 30.1 Å². The van der Waals surface area contributed by atoms with Crippen molar-refractivity contribution in [2.45, 2.75) is 24.7 Å². The van der Waals surface area contributed by atoms with Crippen molar-refractivity contribution >= 4 is 16.0 Å². The van der Waals surface area contributed by atoms with Gasteiger partial charge in [-0.1, -0.05) is 12.2 Å². The molecule has 2 aliphatic carbocycles. The molecule has 1 aromatic carbocycles. The average Bonchev–Trinajstić information content (AvgIpc) is 3.16. The number of sulfonamides is 1. The molecular formula is C17H21NO4S. The number of benzene rings is 1. The Morgan fingerprint density at radius 1 is 1.22 bits per heavy atom. The van der Waals surface area contributed by atoms with Gasteiger partial charge in [-0.05, 0) is 61.8 Å². The summed E-state index contributed by atoms with van der Waals surface area (Å²) in [4.78, 5) is 11.8. The van der Waals surface area contributed by atoms with Crippen LogP contribution in [0.25, 0.3) is 0 Å². The minimum Gasteiger partial charge on any atom is -0.462 e. The molecule has 3 atom stereocenters. The molecule has 0 spiro atoms. The summed E-state index contributed by atoms with van der Waals surface area (Å²) in [5.74, 6) is 1.07. The first-order chi connectivity index (χ1) is 11.0. The second kappa shape index (κ2) is 6.45. The Labute approximate surface area is 136 Å². The third kappa shape index (κ3) is 3.48. The van der Waals surface area contributed by atoms with Gasteiger partial charge < -0.3 is 4.74 Å². The summed E-state index contributed by atoms with van der Waals surface area (Å²) >= 11 is 0. The molecule has 0 saturated heterocycles. The zero-order valence-electron chi connectivity index (χ0n) is 13.1. The Morgan fingerprint density at radius 3 is 2.52 bits per heavy atom. The highest BCUT2D eigenvalue weighted by atomic mass is 32.2. The molecule has 2 bridgehead atoms. The second-order valence-electron chi connectivity index (χ2n) is 6.14. The van der Waals surface area contributed by atoms with E-state index in [1.165, 1.54) is 24.3 Å². The van der Waals surface area contributed by atoms with Gasteiger partial charge in [-0.15, -0.1) is 0 Å². The molecule has 1 saturated carbocycles. The summed E-state index contributed by atoms with van der Waals surface area (Å²) in [6.07, 6.45) is 6.66. The van der Waals surface area contributed by atoms with Crippen molar-refractivity contribution in [3.05, 3.63) is 42.0 Å². The van der Waals surface area contributed by atoms with Crippen molar-refractivity contribution in [3.8, 4) is 0 Å². The van der Waals surface area contributed by atoms with Crippen molar-refractivity contribution in [1.82, 2.24) is 4.72 Å². The molecule has 5 nitrogen and oxygen atoms in total. The Bertz CT molecular complexity index is 709. The highest BCUT2D eigenvalue weighted by Gasteiger charge is 2.35. The van der Waals surface area contributed by atoms with Gasteiger partial charge in [0.15, 0.2) is 0 Å². The van der Waals surface area contributed by atoms with Crippen LogP contribution in [0.4, 0.5) is 0 Å². The molecule has 3 rings (SSSR count). The summed E-state index contributed by atoms with van der Waals surface area (Å²) in [6.45, 7) is 2.48. The van der Waals surface area contributed by atoms with Gasteiger partial charge in [0.2, 0.25) is 10.0 Å². The SMILES string of the molecule is CCOC(=O)c1ccc(S(=O)(=O)NC[C@@H]2C[C@@H]3C=C[C@@H]2C3)cc1. The second-order valence-corrected chi connectivity index (χ2v) is 7.90. The Morgan fingerprint density at radius 2 is 1.96 bits per heavy atom. The van der Waals surface area contributed by atoms with Crippen molar-refractivity contribution in [1.29, 1.82) is 0 Å². The maximum absolute atomic E-state index is 12.4. The van der Waals surface area contributed by atoms with E-state index in [1.54, 1.807) is 6.92 Å². The summed E-state index contributed by atoms with van der Waals surface area (Å²) in [5, 5.41) is 0. The quantitative estimate of drug-likeness (QED) is 0.640. The summed E-state index contributed by atoms with van der Waals surface area (Å²) in [6, 6.07) is 5.84. The molecule has 0 amide bonds. The number of hydrogen-bond donors (Lipinski definition) is 1. The number of esters is 1. The number of carbonyl (C=O) groups is 1. The van der Waals surface area contributed by atoms with E-state index in [2.05, 4.69) is 16.9 Å². The molecule has 124 valence electrons. The summed E-state index contributed by atoms with van der Waals surface area (Å²) in [7, 11) is -3.55. The van der Waals surface area contributed by atoms with Crippen LogP contribution in [-0.4, -0.2) is 27.5 Å². The molecule has 0 heterocycles. The van der Waals surface area contributed by atoms with E-state index in [1.807, 2.05) is 0 Å². The van der Waals surface area contributed by atoms with Gasteiger partial charge in [0.05, 0.1) is 17.1 Å². The van der Waals surface area contributed by atoms with Gasteiger partial charge in [-0.3, -0.25) is 0 Å². The Balaban J connectivity index is 1.63. The number of rotatable bonds is 6. The maximum atomic E-state index is 12.4. The third-order valence-corrected chi connectivity index (χ3v) is 6.07. The number of allylic oxidation sites excluding steroid dienone is 2. The van der Waals surface area contributed by atoms with E-state index in [4.69, 9.17) is 4.74 Å². The molecule has 23 heavy (non-hydrogen) atoms. The smallest absolute Gasteiger partial charge is 0.338 e. The fourth-order valence-electron chi connectivity index (χ4n) is 3.41. The van der Waals surface area contributed by atoms with E-state index in [9.17, 15) is 13.2 Å². The molecule has 0 radical (unpaired) electrons. The molecule has 2 aliphatic rings. The van der Waals surface area contributed by atoms with Gasteiger partial charge in [0.25, 0.3) is 0 Å². The molecule has 0 aromatic heterocycles. The van der Waals surface area contributed by atoms with E-state index in [0.717, 1.165) is 12.8 Å². The minimum absolute atomic E-state index is 0.171. The monoisotopic (exact) mass is 335 g/mol. The first-order valence-electron chi connectivity index (χ1n) is 7.95. The topological polar surface area (TPSA) is 72.5 Å². The van der Waals surface area contributed by atoms with E-state index in [0.29, 0.717) is 36.5 Å². The van der Waals surface area contributed by atoms with Gasteiger partial charge >= 0.3 is 5.97 Å². The number of nitrogens with one attached hydrogen (secondary N) is 1. The van der Waals surface area contributed by atoms with E-state index >= 15 is 0 Å². The highest BCUT2D eigenvalue weighted by Crippen LogP contribution is 2.43. The number of fused-ring (bicyclic) bond motifs is 2. The van der Waals surface area contributed by atoms with Gasteiger partial charge in [-0.2, -0.15) is 0 Å². The summed E-state index contributed by atoms with van der Waals surface area (Å²) < 4.78 is 32.3. The zero-order chi connectivity index (χ0) is 16.4. The predicted molar refractivity (Wildman–Crippen MR) is 86.4 cm³/mol. The first-order valence-corrected chi connectivity index (χ1v) is 9.43.